The van der Waals surface area contributed by atoms with Gasteiger partial charge in [-0.25, -0.2) is 0 Å². The van der Waals surface area contributed by atoms with Crippen LogP contribution < -0.4 is 0 Å². The van der Waals surface area contributed by atoms with Gasteiger partial charge in [-0.15, -0.1) is 0 Å². The Morgan fingerprint density at radius 1 is 1.41 bits per heavy atom. The van der Waals surface area contributed by atoms with Gasteiger partial charge in [-0.05, 0) is 26.3 Å². The average molecular weight is 304 g/mol. The molecule has 0 saturated carbocycles. The highest BCUT2D eigenvalue weighted by Gasteiger charge is 2.34. The fraction of sp³-hybridized carbons (Fsp3) is 0.625. The molecule has 3 heterocycles. The van der Waals surface area contributed by atoms with E-state index in [-0.39, 0.29) is 12.5 Å². The van der Waals surface area contributed by atoms with Crippen LogP contribution >= 0.6 is 0 Å². The van der Waals surface area contributed by atoms with Gasteiger partial charge < -0.3 is 9.63 Å². The zero-order chi connectivity index (χ0) is 15.7. The first-order valence-corrected chi connectivity index (χ1v) is 7.86. The molecule has 1 saturated heterocycles. The number of aliphatic hydroxyl groups excluding tert-OH is 1. The van der Waals surface area contributed by atoms with Gasteiger partial charge in [0.2, 0.25) is 0 Å². The quantitative estimate of drug-likeness (QED) is 0.914. The third kappa shape index (κ3) is 3.08. The predicted molar refractivity (Wildman–Crippen MR) is 82.4 cm³/mol. The molecule has 22 heavy (non-hydrogen) atoms. The molecule has 0 radical (unpaired) electrons. The number of nitrogens with zero attached hydrogens (tertiary/aromatic N) is 4. The molecule has 0 bridgehead atoms. The van der Waals surface area contributed by atoms with E-state index in [4.69, 9.17) is 4.52 Å². The number of aromatic nitrogens is 3. The Bertz CT molecular complexity index is 619. The first-order valence-electron chi connectivity index (χ1n) is 7.86. The van der Waals surface area contributed by atoms with E-state index in [0.29, 0.717) is 12.0 Å². The minimum absolute atomic E-state index is 0.200. The summed E-state index contributed by atoms with van der Waals surface area (Å²) < 4.78 is 7.11. The topological polar surface area (TPSA) is 67.3 Å². The number of rotatable bonds is 5. The maximum atomic E-state index is 9.71. The fourth-order valence-corrected chi connectivity index (χ4v) is 3.20. The summed E-state index contributed by atoms with van der Waals surface area (Å²) >= 11 is 0. The van der Waals surface area contributed by atoms with Crippen LogP contribution in [0.25, 0.3) is 0 Å². The van der Waals surface area contributed by atoms with Crippen molar-refractivity contribution in [3.8, 4) is 0 Å². The number of hydrogen-bond donors (Lipinski definition) is 1. The van der Waals surface area contributed by atoms with Crippen LogP contribution in [-0.4, -0.2) is 44.6 Å². The molecule has 2 atom stereocenters. The summed E-state index contributed by atoms with van der Waals surface area (Å²) in [4.78, 5) is 2.33. The molecular weight excluding hydrogens is 280 g/mol. The van der Waals surface area contributed by atoms with Crippen molar-refractivity contribution < 1.29 is 9.63 Å². The Labute approximate surface area is 130 Å². The van der Waals surface area contributed by atoms with Gasteiger partial charge >= 0.3 is 0 Å². The smallest absolute Gasteiger partial charge is 0.133 e. The van der Waals surface area contributed by atoms with Crippen molar-refractivity contribution in [3.63, 3.8) is 0 Å². The molecule has 6 nitrogen and oxygen atoms in total. The lowest BCUT2D eigenvalue weighted by Gasteiger charge is -2.14. The Morgan fingerprint density at radius 3 is 2.82 bits per heavy atom. The van der Waals surface area contributed by atoms with Crippen LogP contribution in [0, 0.1) is 12.8 Å². The van der Waals surface area contributed by atoms with Gasteiger partial charge in [0.05, 0.1) is 11.9 Å². The monoisotopic (exact) mass is 304 g/mol. The SMILES string of the molecule is Cc1cc(CN2C[C@@H](CO)[C@H](c3cnn(C(C)C)c3)C2)no1. The zero-order valence-corrected chi connectivity index (χ0v) is 13.4. The lowest BCUT2D eigenvalue weighted by atomic mass is 9.92. The van der Waals surface area contributed by atoms with Crippen molar-refractivity contribution >= 4 is 0 Å². The van der Waals surface area contributed by atoms with Crippen LogP contribution in [0.2, 0.25) is 0 Å². The Balaban J connectivity index is 1.71. The minimum atomic E-state index is 0.200. The predicted octanol–water partition coefficient (Wildman–Crippen LogP) is 1.97. The van der Waals surface area contributed by atoms with E-state index in [1.165, 1.54) is 5.56 Å². The molecule has 0 unspecified atom stereocenters. The molecule has 1 aliphatic rings. The van der Waals surface area contributed by atoms with Gasteiger partial charge in [-0.3, -0.25) is 9.58 Å². The molecule has 2 aromatic rings. The molecule has 0 spiro atoms. The van der Waals surface area contributed by atoms with Crippen LogP contribution in [0.1, 0.15) is 42.8 Å². The van der Waals surface area contributed by atoms with E-state index in [9.17, 15) is 5.11 Å². The number of aliphatic hydroxyl groups is 1. The second-order valence-corrected chi connectivity index (χ2v) is 6.52. The second-order valence-electron chi connectivity index (χ2n) is 6.52. The van der Waals surface area contributed by atoms with Gasteiger partial charge in [0.25, 0.3) is 0 Å². The van der Waals surface area contributed by atoms with Gasteiger partial charge in [0.1, 0.15) is 5.76 Å². The van der Waals surface area contributed by atoms with Crippen molar-refractivity contribution in [2.75, 3.05) is 19.7 Å². The number of aryl methyl sites for hydroxylation is 1. The first-order chi connectivity index (χ1) is 10.6. The molecular formula is C16H24N4O2. The highest BCUT2D eigenvalue weighted by Crippen LogP contribution is 2.33. The molecule has 0 aliphatic carbocycles. The third-order valence-corrected chi connectivity index (χ3v) is 4.39. The first kappa shape index (κ1) is 15.2. The minimum Gasteiger partial charge on any atom is -0.396 e. The van der Waals surface area contributed by atoms with E-state index in [1.807, 2.05) is 23.9 Å². The maximum absolute atomic E-state index is 9.71. The van der Waals surface area contributed by atoms with E-state index >= 15 is 0 Å². The molecule has 2 aromatic heterocycles. The molecule has 6 heteroatoms. The Kier molecular flexibility index (Phi) is 4.31. The molecule has 120 valence electrons. The van der Waals surface area contributed by atoms with Crippen LogP contribution in [0.4, 0.5) is 0 Å². The second kappa shape index (κ2) is 6.22. The highest BCUT2D eigenvalue weighted by atomic mass is 16.5. The molecule has 0 amide bonds. The summed E-state index contributed by atoms with van der Waals surface area (Å²) in [7, 11) is 0. The summed E-state index contributed by atoms with van der Waals surface area (Å²) in [5.41, 5.74) is 2.17. The van der Waals surface area contributed by atoms with E-state index in [1.54, 1.807) is 0 Å². The molecule has 3 rings (SSSR count). The maximum Gasteiger partial charge on any atom is 0.133 e. The lowest BCUT2D eigenvalue weighted by molar-refractivity contribution is 0.213. The van der Waals surface area contributed by atoms with Crippen LogP contribution in [-0.2, 0) is 6.54 Å². The highest BCUT2D eigenvalue weighted by molar-refractivity contribution is 5.17. The van der Waals surface area contributed by atoms with Gasteiger partial charge in [0, 0.05) is 56.4 Å². The van der Waals surface area contributed by atoms with Gasteiger partial charge in [0.15, 0.2) is 0 Å². The normalized spacial score (nSPS) is 22.8. The van der Waals surface area contributed by atoms with Gasteiger partial charge in [-0.2, -0.15) is 5.10 Å². The average Bonchev–Trinajstić information content (AvgIpc) is 3.18. The molecule has 1 fully saturated rings. The van der Waals surface area contributed by atoms with Crippen molar-refractivity contribution in [3.05, 3.63) is 35.5 Å². The fourth-order valence-electron chi connectivity index (χ4n) is 3.20. The number of hydrogen-bond acceptors (Lipinski definition) is 5. The summed E-state index contributed by atoms with van der Waals surface area (Å²) in [6, 6.07) is 2.33. The van der Waals surface area contributed by atoms with Crippen LogP contribution in [0.3, 0.4) is 0 Å². The Hall–Kier alpha value is -1.66. The van der Waals surface area contributed by atoms with Crippen molar-refractivity contribution in [2.45, 2.75) is 39.3 Å². The van der Waals surface area contributed by atoms with Crippen molar-refractivity contribution in [2.24, 2.45) is 5.92 Å². The summed E-state index contributed by atoms with van der Waals surface area (Å²) in [6.45, 7) is 8.90. The van der Waals surface area contributed by atoms with Crippen LogP contribution in [0.15, 0.2) is 23.0 Å². The largest absolute Gasteiger partial charge is 0.396 e. The number of likely N-dealkylation sites (tertiary alicyclic amines) is 1. The van der Waals surface area contributed by atoms with E-state index < -0.39 is 0 Å². The Morgan fingerprint density at radius 2 is 2.23 bits per heavy atom. The lowest BCUT2D eigenvalue weighted by Crippen LogP contribution is -2.21. The third-order valence-electron chi connectivity index (χ3n) is 4.39. The summed E-state index contributed by atoms with van der Waals surface area (Å²) in [5, 5.41) is 18.2. The van der Waals surface area contributed by atoms with Gasteiger partial charge in [-0.1, -0.05) is 5.16 Å². The molecule has 1 N–H and O–H groups in total. The van der Waals surface area contributed by atoms with Crippen molar-refractivity contribution in [1.29, 1.82) is 0 Å². The summed E-state index contributed by atoms with van der Waals surface area (Å²) in [5.74, 6) is 1.41. The van der Waals surface area contributed by atoms with E-state index in [2.05, 4.69) is 35.2 Å². The molecule has 1 aliphatic heterocycles. The van der Waals surface area contributed by atoms with Crippen LogP contribution in [0.5, 0.6) is 0 Å². The van der Waals surface area contributed by atoms with Crippen molar-refractivity contribution in [1.82, 2.24) is 19.8 Å². The van der Waals surface area contributed by atoms with E-state index in [0.717, 1.165) is 31.1 Å². The molecule has 0 aromatic carbocycles. The summed E-state index contributed by atoms with van der Waals surface area (Å²) in [6.07, 6.45) is 4.05. The zero-order valence-electron chi connectivity index (χ0n) is 13.4. The standard InChI is InChI=1S/C16H24N4O2/c1-11(2)20-7-13(5-17-20)16-9-19(6-14(16)10-21)8-15-4-12(3)22-18-15/h4-5,7,11,14,16,21H,6,8-10H2,1-3H3/t14-,16-/m0/s1.